The van der Waals surface area contributed by atoms with Crippen LogP contribution in [0.4, 0.5) is 0 Å². The molecule has 98 valence electrons. The summed E-state index contributed by atoms with van der Waals surface area (Å²) in [5, 5.41) is 10.1. The predicted molar refractivity (Wildman–Crippen MR) is 71.1 cm³/mol. The van der Waals surface area contributed by atoms with Gasteiger partial charge in [0.25, 0.3) is 0 Å². The molecule has 1 fully saturated rings. The van der Waals surface area contributed by atoms with Gasteiger partial charge >= 0.3 is 0 Å². The van der Waals surface area contributed by atoms with E-state index in [4.69, 9.17) is 4.74 Å². The van der Waals surface area contributed by atoms with Gasteiger partial charge in [0.05, 0.1) is 0 Å². The molecule has 0 spiro atoms. The predicted octanol–water partition coefficient (Wildman–Crippen LogP) is 2.87. The topological polar surface area (TPSA) is 32.7 Å². The Morgan fingerprint density at radius 2 is 2.06 bits per heavy atom. The van der Waals surface area contributed by atoms with Gasteiger partial charge in [0, 0.05) is 23.6 Å². The summed E-state index contributed by atoms with van der Waals surface area (Å²) in [4.78, 5) is 2.10. The summed E-state index contributed by atoms with van der Waals surface area (Å²) in [5.74, 6) is 1.91. The number of ether oxygens (including phenoxy) is 1. The van der Waals surface area contributed by atoms with Gasteiger partial charge in [-0.2, -0.15) is 0 Å². The second kappa shape index (κ2) is 4.47. The molecule has 0 radical (unpaired) electrons. The van der Waals surface area contributed by atoms with Crippen LogP contribution in [-0.4, -0.2) is 30.2 Å². The third-order valence-corrected chi connectivity index (χ3v) is 4.12. The Morgan fingerprint density at radius 1 is 1.28 bits per heavy atom. The second-order valence-corrected chi connectivity index (χ2v) is 5.76. The summed E-state index contributed by atoms with van der Waals surface area (Å²) >= 11 is 0. The van der Waals surface area contributed by atoms with E-state index in [1.54, 1.807) is 6.07 Å². The van der Waals surface area contributed by atoms with Crippen LogP contribution >= 0.6 is 0 Å². The molecular weight excluding hydrogens is 226 g/mol. The van der Waals surface area contributed by atoms with E-state index in [-0.39, 0.29) is 0 Å². The van der Waals surface area contributed by atoms with Crippen molar-refractivity contribution in [3.63, 3.8) is 0 Å². The van der Waals surface area contributed by atoms with Crippen LogP contribution < -0.4 is 4.74 Å². The van der Waals surface area contributed by atoms with Crippen LogP contribution in [0.2, 0.25) is 0 Å². The van der Waals surface area contributed by atoms with Crippen LogP contribution in [0, 0.1) is 0 Å². The zero-order valence-electron chi connectivity index (χ0n) is 11.1. The lowest BCUT2D eigenvalue weighted by molar-refractivity contribution is 0.164. The van der Waals surface area contributed by atoms with Crippen molar-refractivity contribution in [3.8, 4) is 11.5 Å². The Morgan fingerprint density at radius 3 is 2.83 bits per heavy atom. The van der Waals surface area contributed by atoms with E-state index in [0.717, 1.165) is 24.3 Å². The SMILES string of the molecule is CN(C)Cc1c(O)ccc2c1C1CCCCC1O2. The van der Waals surface area contributed by atoms with Crippen LogP contribution in [0.3, 0.4) is 0 Å². The fraction of sp³-hybridized carbons (Fsp3) is 0.600. The second-order valence-electron chi connectivity index (χ2n) is 5.76. The molecular formula is C15H21NO2. The molecule has 2 atom stereocenters. The first-order chi connectivity index (χ1) is 8.66. The maximum atomic E-state index is 10.1. The lowest BCUT2D eigenvalue weighted by Gasteiger charge is -2.25. The molecule has 2 unspecified atom stereocenters. The van der Waals surface area contributed by atoms with E-state index in [0.29, 0.717) is 17.8 Å². The number of phenols is 1. The number of benzene rings is 1. The van der Waals surface area contributed by atoms with Crippen molar-refractivity contribution in [2.24, 2.45) is 0 Å². The Labute approximate surface area is 108 Å². The molecule has 3 heteroatoms. The third kappa shape index (κ3) is 1.87. The summed E-state index contributed by atoms with van der Waals surface area (Å²) in [6.07, 6.45) is 5.24. The maximum absolute atomic E-state index is 10.1. The molecule has 1 aliphatic carbocycles. The molecule has 18 heavy (non-hydrogen) atoms. The van der Waals surface area contributed by atoms with Gasteiger partial charge in [-0.05, 0) is 45.5 Å². The summed E-state index contributed by atoms with van der Waals surface area (Å²) < 4.78 is 6.06. The highest BCUT2D eigenvalue weighted by Gasteiger charge is 2.38. The van der Waals surface area contributed by atoms with Gasteiger partial charge in [0.15, 0.2) is 0 Å². The molecule has 3 rings (SSSR count). The van der Waals surface area contributed by atoms with E-state index in [2.05, 4.69) is 4.90 Å². The van der Waals surface area contributed by atoms with Crippen LogP contribution in [0.25, 0.3) is 0 Å². The van der Waals surface area contributed by atoms with Crippen LogP contribution in [-0.2, 0) is 6.54 Å². The minimum atomic E-state index is 0.344. The Kier molecular flexibility index (Phi) is 2.94. The number of phenolic OH excluding ortho intramolecular Hbond substituents is 1. The zero-order chi connectivity index (χ0) is 12.7. The summed E-state index contributed by atoms with van der Waals surface area (Å²) in [6.45, 7) is 0.779. The van der Waals surface area contributed by atoms with Gasteiger partial charge in [0.2, 0.25) is 0 Å². The number of rotatable bonds is 2. The molecule has 0 saturated heterocycles. The van der Waals surface area contributed by atoms with Gasteiger partial charge < -0.3 is 14.7 Å². The van der Waals surface area contributed by atoms with Crippen LogP contribution in [0.5, 0.6) is 11.5 Å². The van der Waals surface area contributed by atoms with E-state index < -0.39 is 0 Å². The van der Waals surface area contributed by atoms with Crippen LogP contribution in [0.15, 0.2) is 12.1 Å². The Bertz CT molecular complexity index is 456. The van der Waals surface area contributed by atoms with Crippen molar-refractivity contribution in [2.45, 2.75) is 44.2 Å². The fourth-order valence-corrected chi connectivity index (χ4v) is 3.35. The fourth-order valence-electron chi connectivity index (χ4n) is 3.35. The molecule has 1 aliphatic heterocycles. The Balaban J connectivity index is 2.03. The minimum Gasteiger partial charge on any atom is -0.508 e. The molecule has 1 aromatic carbocycles. The van der Waals surface area contributed by atoms with Crippen molar-refractivity contribution in [1.82, 2.24) is 4.90 Å². The highest BCUT2D eigenvalue weighted by molar-refractivity contribution is 5.53. The molecule has 0 amide bonds. The third-order valence-electron chi connectivity index (χ3n) is 4.12. The molecule has 1 heterocycles. The highest BCUT2D eigenvalue weighted by atomic mass is 16.5. The molecule has 2 aliphatic rings. The summed E-state index contributed by atoms with van der Waals surface area (Å²) in [6, 6.07) is 3.71. The van der Waals surface area contributed by atoms with Crippen molar-refractivity contribution in [1.29, 1.82) is 0 Å². The number of hydrogen-bond acceptors (Lipinski definition) is 3. The minimum absolute atomic E-state index is 0.344. The number of nitrogens with zero attached hydrogens (tertiary/aromatic N) is 1. The first-order valence-electron chi connectivity index (χ1n) is 6.83. The monoisotopic (exact) mass is 247 g/mol. The molecule has 1 N–H and O–H groups in total. The maximum Gasteiger partial charge on any atom is 0.123 e. The van der Waals surface area contributed by atoms with E-state index in [9.17, 15) is 5.11 Å². The smallest absolute Gasteiger partial charge is 0.123 e. The quantitative estimate of drug-likeness (QED) is 0.872. The lowest BCUT2D eigenvalue weighted by Crippen LogP contribution is -2.23. The number of fused-ring (bicyclic) bond motifs is 3. The van der Waals surface area contributed by atoms with Crippen molar-refractivity contribution >= 4 is 0 Å². The van der Waals surface area contributed by atoms with E-state index in [1.807, 2.05) is 20.2 Å². The summed E-state index contributed by atoms with van der Waals surface area (Å²) in [5.41, 5.74) is 2.33. The lowest BCUT2D eigenvalue weighted by atomic mass is 9.81. The van der Waals surface area contributed by atoms with Gasteiger partial charge in [-0.1, -0.05) is 6.42 Å². The number of hydrogen-bond donors (Lipinski definition) is 1. The normalized spacial score (nSPS) is 25.7. The molecule has 0 aromatic heterocycles. The average molecular weight is 247 g/mol. The first-order valence-corrected chi connectivity index (χ1v) is 6.83. The standard InChI is InChI=1S/C15H21NO2/c1-16(2)9-11-12(17)7-8-14-15(11)10-5-3-4-6-13(10)18-14/h7-8,10,13,17H,3-6,9H2,1-2H3. The number of aromatic hydroxyl groups is 1. The van der Waals surface area contributed by atoms with Crippen molar-refractivity contribution < 1.29 is 9.84 Å². The summed E-state index contributed by atoms with van der Waals surface area (Å²) in [7, 11) is 4.07. The van der Waals surface area contributed by atoms with Gasteiger partial charge in [-0.15, -0.1) is 0 Å². The van der Waals surface area contributed by atoms with Crippen molar-refractivity contribution in [2.75, 3.05) is 14.1 Å². The van der Waals surface area contributed by atoms with E-state index >= 15 is 0 Å². The zero-order valence-corrected chi connectivity index (χ0v) is 11.1. The van der Waals surface area contributed by atoms with Gasteiger partial charge in [0.1, 0.15) is 17.6 Å². The Hall–Kier alpha value is -1.22. The average Bonchev–Trinajstić information content (AvgIpc) is 2.71. The molecule has 1 aromatic rings. The van der Waals surface area contributed by atoms with Crippen LogP contribution in [0.1, 0.15) is 42.7 Å². The van der Waals surface area contributed by atoms with Crippen molar-refractivity contribution in [3.05, 3.63) is 23.3 Å². The largest absolute Gasteiger partial charge is 0.508 e. The molecule has 1 saturated carbocycles. The first kappa shape index (κ1) is 11.8. The van der Waals surface area contributed by atoms with E-state index in [1.165, 1.54) is 24.8 Å². The van der Waals surface area contributed by atoms with Gasteiger partial charge in [-0.3, -0.25) is 0 Å². The molecule has 3 nitrogen and oxygen atoms in total. The van der Waals surface area contributed by atoms with Gasteiger partial charge in [-0.25, -0.2) is 0 Å². The molecule has 0 bridgehead atoms. The highest BCUT2D eigenvalue weighted by Crippen LogP contribution is 2.49.